The number of hydrogen-bond donors (Lipinski definition) is 1. The fourth-order valence-corrected chi connectivity index (χ4v) is 9.54. The van der Waals surface area contributed by atoms with E-state index in [-0.39, 0.29) is 22.2 Å². The van der Waals surface area contributed by atoms with Crippen LogP contribution in [-0.4, -0.2) is 11.3 Å². The van der Waals surface area contributed by atoms with Crippen molar-refractivity contribution >= 4 is 35.7 Å². The molecule has 0 spiro atoms. The normalized spacial score (nSPS) is 10.6. The average molecular weight is 845 g/mol. The van der Waals surface area contributed by atoms with E-state index in [0.29, 0.717) is 11.5 Å². The van der Waals surface area contributed by atoms with Crippen LogP contribution < -0.4 is 15.9 Å². The van der Waals surface area contributed by atoms with Gasteiger partial charge < -0.3 is 5.11 Å². The minimum atomic E-state index is -0.877. The third kappa shape index (κ3) is 12.5. The summed E-state index contributed by atoms with van der Waals surface area (Å²) in [7, 11) is -0.877. The van der Waals surface area contributed by atoms with E-state index in [0.717, 1.165) is 39.9 Å². The molecule has 0 aliphatic rings. The summed E-state index contributed by atoms with van der Waals surface area (Å²) in [6, 6.07) is 73.7. The summed E-state index contributed by atoms with van der Waals surface area (Å²) < 4.78 is 0. The van der Waals surface area contributed by atoms with Gasteiger partial charge in [-0.25, -0.2) is 0 Å². The molecule has 0 aromatic heterocycles. The number of hydrogen-bond acceptors (Lipinski definition) is 2. The van der Waals surface area contributed by atoms with Gasteiger partial charge >= 0.3 is 0 Å². The summed E-state index contributed by atoms with van der Waals surface area (Å²) in [4.78, 5) is 4.92. The topological polar surface area (TPSA) is 32.6 Å². The Bertz CT molecular complexity index is 2390. The minimum absolute atomic E-state index is 0. The molecule has 8 aromatic rings. The molecule has 0 aliphatic heterocycles. The molecule has 0 atom stereocenters. The van der Waals surface area contributed by atoms with Gasteiger partial charge in [0.15, 0.2) is 0 Å². The molecule has 0 heterocycles. The molecule has 0 saturated heterocycles. The molecule has 0 saturated carbocycles. The van der Waals surface area contributed by atoms with Gasteiger partial charge in [-0.05, 0) is 101 Å². The van der Waals surface area contributed by atoms with Crippen molar-refractivity contribution in [2.75, 3.05) is 0 Å². The van der Waals surface area contributed by atoms with Gasteiger partial charge in [0, 0.05) is 33.8 Å². The number of aryl methyl sites for hydroxylation is 1. The van der Waals surface area contributed by atoms with Crippen LogP contribution in [0.3, 0.4) is 0 Å². The van der Waals surface area contributed by atoms with Crippen LogP contribution >= 0.6 is 7.92 Å². The van der Waals surface area contributed by atoms with Crippen molar-refractivity contribution < 1.29 is 21.6 Å². The Morgan fingerprint density at radius 1 is 0.600 bits per heavy atom. The van der Waals surface area contributed by atoms with Crippen molar-refractivity contribution in [3.8, 4) is 28.0 Å². The zero-order valence-electron chi connectivity index (χ0n) is 34.5. The van der Waals surface area contributed by atoms with Crippen LogP contribution in [0.2, 0.25) is 0 Å². The van der Waals surface area contributed by atoms with E-state index >= 15 is 0 Å². The monoisotopic (exact) mass is 843 g/mol. The average Bonchev–Trinajstić information content (AvgIpc) is 3.29. The number of nitrogens with zero attached hydrogens (tertiary/aromatic N) is 1. The Labute approximate surface area is 368 Å². The van der Waals surface area contributed by atoms with E-state index in [1.165, 1.54) is 27.0 Å². The second kappa shape index (κ2) is 23.5. The van der Waals surface area contributed by atoms with E-state index in [4.69, 9.17) is 4.99 Å². The van der Waals surface area contributed by atoms with Gasteiger partial charge in [-0.3, -0.25) is 4.99 Å². The van der Waals surface area contributed by atoms with E-state index in [9.17, 15) is 5.11 Å². The molecule has 8 rings (SSSR count). The van der Waals surface area contributed by atoms with E-state index in [1.807, 2.05) is 97.1 Å². The van der Waals surface area contributed by atoms with Crippen LogP contribution in [0.4, 0.5) is 5.69 Å². The predicted octanol–water partition coefficient (Wildman–Crippen LogP) is 13.3. The summed E-state index contributed by atoms with van der Waals surface area (Å²) in [5.74, 6) is 0.571. The molecule has 0 fully saturated rings. The van der Waals surface area contributed by atoms with Gasteiger partial charge in [0.1, 0.15) is 21.7 Å². The maximum Gasteiger partial charge on any atom is 0.132 e. The van der Waals surface area contributed by atoms with Gasteiger partial charge in [0.2, 0.25) is 0 Å². The summed E-state index contributed by atoms with van der Waals surface area (Å²) >= 11 is 0. The zero-order valence-corrected chi connectivity index (χ0v) is 36.5. The van der Waals surface area contributed by atoms with E-state index in [1.54, 1.807) is 6.21 Å². The molecule has 1 N–H and O–H groups in total. The summed E-state index contributed by atoms with van der Waals surface area (Å²) in [5.41, 5.74) is 9.15. The molecule has 0 aliphatic carbocycles. The quantitative estimate of drug-likeness (QED) is 0.0480. The maximum atomic E-state index is 11.3. The number of aromatic hydroxyl groups is 1. The maximum absolute atomic E-state index is 11.3. The molecule has 2 nitrogen and oxygen atoms in total. The molecule has 0 amide bonds. The largest absolute Gasteiger partial charge is 0.507 e. The van der Waals surface area contributed by atoms with Crippen LogP contribution in [0, 0.1) is 13.0 Å². The van der Waals surface area contributed by atoms with Gasteiger partial charge in [-0.2, -0.15) is 36.4 Å². The second-order valence-corrected chi connectivity index (χ2v) is 17.0. The Morgan fingerprint density at radius 2 is 1.07 bits per heavy atom. The SMILES string of the molecule is C=CCc1cc(C)c(N=Cc2cc(-c3ccccc3)cc(-c3ccccc3)c2O)c(C(C)C)c1.[Ni].[c-]1ccccc1.c1ccc([PH+](c2ccccc2)c2ccccc2)cc1. The Hall–Kier alpha value is -6.11. The fourth-order valence-electron chi connectivity index (χ4n) is 6.97. The van der Waals surface area contributed by atoms with Crippen molar-refractivity contribution in [1.29, 1.82) is 0 Å². The number of phenols is 1. The molecule has 0 bridgehead atoms. The van der Waals surface area contributed by atoms with Crippen molar-refractivity contribution in [3.63, 3.8) is 0 Å². The molecular formula is C56H52NNiOP. The number of benzene rings is 8. The number of aliphatic imine (C=N–C) groups is 1. The molecule has 8 aromatic carbocycles. The first-order valence-corrected chi connectivity index (χ1v) is 21.6. The Kier molecular flexibility index (Phi) is 17.6. The van der Waals surface area contributed by atoms with Crippen LogP contribution in [-0.2, 0) is 22.9 Å². The van der Waals surface area contributed by atoms with E-state index < -0.39 is 7.92 Å². The third-order valence-corrected chi connectivity index (χ3v) is 12.6. The first kappa shape index (κ1) is 45.0. The van der Waals surface area contributed by atoms with Gasteiger partial charge in [-0.15, -0.1) is 6.58 Å². The van der Waals surface area contributed by atoms with Gasteiger partial charge in [-0.1, -0.05) is 147 Å². The van der Waals surface area contributed by atoms with Crippen LogP contribution in [0.1, 0.15) is 42.0 Å². The smallest absolute Gasteiger partial charge is 0.132 e. The predicted molar refractivity (Wildman–Crippen MR) is 257 cm³/mol. The minimum Gasteiger partial charge on any atom is -0.507 e. The molecule has 0 unspecified atom stereocenters. The molecule has 4 heteroatoms. The first-order chi connectivity index (χ1) is 28.9. The van der Waals surface area contributed by atoms with Crippen molar-refractivity contribution in [1.82, 2.24) is 0 Å². The van der Waals surface area contributed by atoms with Crippen molar-refractivity contribution in [2.24, 2.45) is 4.99 Å². The van der Waals surface area contributed by atoms with Crippen LogP contribution in [0.25, 0.3) is 22.3 Å². The molecule has 60 heavy (non-hydrogen) atoms. The standard InChI is InChI=1S/C32H31NO.C18H15P.C6H5.Ni/c1-5-12-24-17-23(4)31(29(18-24)22(2)3)33-21-28-19-27(25-13-8-6-9-14-25)20-30(32(28)34)26-15-10-7-11-16-26;1-4-10-16(11-5-1)19(17-12-6-2-7-13-17)18-14-8-3-9-15-18;1-2-4-6-5-3-1;/h5-11,13-22,34H,1,12H2,2-4H3;1-15H;1-5H;/q;;-1;/p+1. The molecular weight excluding hydrogens is 792 g/mol. The second-order valence-electron chi connectivity index (χ2n) is 14.5. The fraction of sp³-hybridized carbons (Fsp3) is 0.0893. The van der Waals surface area contributed by atoms with Gasteiger partial charge in [0.05, 0.1) is 13.6 Å². The Morgan fingerprint density at radius 3 is 1.50 bits per heavy atom. The Balaban J connectivity index is 0.000000218. The number of rotatable bonds is 10. The number of allylic oxidation sites excluding steroid dienone is 1. The third-order valence-electron chi connectivity index (χ3n) is 9.85. The summed E-state index contributed by atoms with van der Waals surface area (Å²) in [5, 5.41) is 15.6. The van der Waals surface area contributed by atoms with Gasteiger partial charge in [0.25, 0.3) is 0 Å². The molecule has 302 valence electrons. The first-order valence-electron chi connectivity index (χ1n) is 20.1. The molecule has 0 radical (unpaired) electrons. The van der Waals surface area contributed by atoms with E-state index in [2.05, 4.69) is 149 Å². The summed E-state index contributed by atoms with van der Waals surface area (Å²) in [6.45, 7) is 10.3. The summed E-state index contributed by atoms with van der Waals surface area (Å²) in [6.07, 6.45) is 4.57. The number of phenolic OH excluding ortho intramolecular Hbond substituents is 1. The van der Waals surface area contributed by atoms with Crippen LogP contribution in [0.15, 0.2) is 224 Å². The van der Waals surface area contributed by atoms with Crippen LogP contribution in [0.5, 0.6) is 5.75 Å². The van der Waals surface area contributed by atoms with Crippen molar-refractivity contribution in [2.45, 2.75) is 33.1 Å². The zero-order chi connectivity index (χ0) is 41.2. The van der Waals surface area contributed by atoms with Crippen molar-refractivity contribution in [3.05, 3.63) is 247 Å².